The molecule has 1 aliphatic rings. The van der Waals surface area contributed by atoms with Gasteiger partial charge in [-0.2, -0.15) is 0 Å². The molecule has 0 saturated carbocycles. The second-order valence-corrected chi connectivity index (χ2v) is 7.88. The monoisotopic (exact) mass is 464 g/mol. The van der Waals surface area contributed by atoms with E-state index in [0.29, 0.717) is 6.42 Å². The molecule has 0 radical (unpaired) electrons. The molecule has 1 aliphatic heterocycles. The standard InChI is InChI=1S/C26H40O7/c1-2-3-4-5-6-7-8-9-10-11-12-13-14-15-16-17-18-19-23(28)32-20-22-24(29)25(30)26(31,21-27)33-22/h3-4,6-7,9-10,12-13,15-16,22,24-25,27,29-31H,2,5,8,11,14,17-21H2,1H3/b4-3-,7-6-,10-9-,13-12-,16-15-/t22-,24+,25+,26?/m1/s1. The zero-order valence-electron chi connectivity index (χ0n) is 19.6. The number of ether oxygens (including phenoxy) is 2. The Morgan fingerprint density at radius 2 is 1.42 bits per heavy atom. The molecule has 7 nitrogen and oxygen atoms in total. The van der Waals surface area contributed by atoms with Crippen LogP contribution in [-0.4, -0.2) is 63.7 Å². The molecule has 33 heavy (non-hydrogen) atoms. The summed E-state index contributed by atoms with van der Waals surface area (Å²) < 4.78 is 10.0. The molecule has 1 rings (SSSR count). The van der Waals surface area contributed by atoms with Gasteiger partial charge in [0.25, 0.3) is 0 Å². The van der Waals surface area contributed by atoms with E-state index in [1.54, 1.807) is 0 Å². The fraction of sp³-hybridized carbons (Fsp3) is 0.577. The molecule has 0 aromatic carbocycles. The summed E-state index contributed by atoms with van der Waals surface area (Å²) in [6.07, 6.45) is 23.5. The van der Waals surface area contributed by atoms with Gasteiger partial charge in [0.15, 0.2) is 0 Å². The molecule has 4 N–H and O–H groups in total. The van der Waals surface area contributed by atoms with Crippen molar-refractivity contribution in [2.45, 2.75) is 82.4 Å². The molecule has 0 spiro atoms. The lowest BCUT2D eigenvalue weighted by Gasteiger charge is -2.22. The Hall–Kier alpha value is -2.03. The van der Waals surface area contributed by atoms with E-state index in [-0.39, 0.29) is 13.0 Å². The van der Waals surface area contributed by atoms with E-state index in [1.165, 1.54) is 0 Å². The number of carbonyl (C=O) groups excluding carboxylic acids is 1. The summed E-state index contributed by atoms with van der Waals surface area (Å²) in [5.74, 6) is -2.69. The van der Waals surface area contributed by atoms with Crippen LogP contribution >= 0.6 is 0 Å². The van der Waals surface area contributed by atoms with Crippen LogP contribution in [0.2, 0.25) is 0 Å². The van der Waals surface area contributed by atoms with Gasteiger partial charge in [-0.25, -0.2) is 0 Å². The normalized spacial score (nSPS) is 26.2. The van der Waals surface area contributed by atoms with Gasteiger partial charge in [0.05, 0.1) is 6.61 Å². The van der Waals surface area contributed by atoms with Gasteiger partial charge in [0.1, 0.15) is 24.9 Å². The highest BCUT2D eigenvalue weighted by Gasteiger charge is 2.53. The summed E-state index contributed by atoms with van der Waals surface area (Å²) in [5.41, 5.74) is 0. The van der Waals surface area contributed by atoms with Crippen molar-refractivity contribution in [3.63, 3.8) is 0 Å². The maximum Gasteiger partial charge on any atom is 0.305 e. The Balaban J connectivity index is 2.04. The van der Waals surface area contributed by atoms with E-state index in [0.717, 1.165) is 38.5 Å². The Kier molecular flexibility index (Phi) is 15.3. The van der Waals surface area contributed by atoms with Crippen LogP contribution in [0.15, 0.2) is 60.8 Å². The average molecular weight is 465 g/mol. The van der Waals surface area contributed by atoms with Crippen LogP contribution in [-0.2, 0) is 14.3 Å². The van der Waals surface area contributed by atoms with Gasteiger partial charge in [0, 0.05) is 6.42 Å². The number of unbranched alkanes of at least 4 members (excludes halogenated alkanes) is 1. The van der Waals surface area contributed by atoms with Gasteiger partial charge in [-0.05, 0) is 44.9 Å². The first-order valence-electron chi connectivity index (χ1n) is 11.7. The topological polar surface area (TPSA) is 116 Å². The lowest BCUT2D eigenvalue weighted by atomic mass is 10.1. The number of allylic oxidation sites excluding steroid dienone is 10. The van der Waals surface area contributed by atoms with Crippen LogP contribution in [0.5, 0.6) is 0 Å². The molecule has 1 saturated heterocycles. The van der Waals surface area contributed by atoms with Crippen LogP contribution in [0.25, 0.3) is 0 Å². The third-order valence-corrected chi connectivity index (χ3v) is 5.07. The van der Waals surface area contributed by atoms with Crippen molar-refractivity contribution in [1.82, 2.24) is 0 Å². The fourth-order valence-electron chi connectivity index (χ4n) is 3.12. The van der Waals surface area contributed by atoms with E-state index < -0.39 is 36.7 Å². The van der Waals surface area contributed by atoms with Crippen molar-refractivity contribution in [2.75, 3.05) is 13.2 Å². The van der Waals surface area contributed by atoms with Crippen molar-refractivity contribution in [3.8, 4) is 0 Å². The molecule has 0 aliphatic carbocycles. The summed E-state index contributed by atoms with van der Waals surface area (Å²) in [6.45, 7) is 0.954. The van der Waals surface area contributed by atoms with Crippen LogP contribution in [0.3, 0.4) is 0 Å². The quantitative estimate of drug-likeness (QED) is 0.157. The van der Waals surface area contributed by atoms with Crippen LogP contribution < -0.4 is 0 Å². The van der Waals surface area contributed by atoms with Gasteiger partial charge >= 0.3 is 5.97 Å². The number of aliphatic hydroxyl groups is 4. The smallest absolute Gasteiger partial charge is 0.305 e. The Labute approximate surface area is 197 Å². The number of esters is 1. The summed E-state index contributed by atoms with van der Waals surface area (Å²) in [5, 5.41) is 38.3. The predicted molar refractivity (Wildman–Crippen MR) is 128 cm³/mol. The Bertz CT molecular complexity index is 680. The molecule has 0 amide bonds. The van der Waals surface area contributed by atoms with E-state index >= 15 is 0 Å². The number of hydrogen-bond donors (Lipinski definition) is 4. The number of carbonyl (C=O) groups is 1. The molecule has 7 heteroatoms. The summed E-state index contributed by atoms with van der Waals surface area (Å²) >= 11 is 0. The second-order valence-electron chi connectivity index (χ2n) is 7.88. The zero-order chi connectivity index (χ0) is 24.4. The molecule has 186 valence electrons. The number of rotatable bonds is 16. The largest absolute Gasteiger partial charge is 0.463 e. The second kappa shape index (κ2) is 17.4. The zero-order valence-corrected chi connectivity index (χ0v) is 19.6. The lowest BCUT2D eigenvalue weighted by Crippen LogP contribution is -2.46. The van der Waals surface area contributed by atoms with Crippen LogP contribution in [0.4, 0.5) is 0 Å². The van der Waals surface area contributed by atoms with E-state index in [4.69, 9.17) is 14.6 Å². The number of aliphatic hydroxyl groups excluding tert-OH is 3. The Morgan fingerprint density at radius 1 is 0.909 bits per heavy atom. The van der Waals surface area contributed by atoms with Crippen molar-refractivity contribution in [1.29, 1.82) is 0 Å². The van der Waals surface area contributed by atoms with Gasteiger partial charge in [-0.1, -0.05) is 67.7 Å². The average Bonchev–Trinajstić information content (AvgIpc) is 3.03. The maximum atomic E-state index is 11.8. The van der Waals surface area contributed by atoms with Gasteiger partial charge < -0.3 is 29.9 Å². The fourth-order valence-corrected chi connectivity index (χ4v) is 3.12. The van der Waals surface area contributed by atoms with E-state index in [1.807, 2.05) is 6.08 Å². The van der Waals surface area contributed by atoms with Crippen molar-refractivity contribution in [2.24, 2.45) is 0 Å². The third kappa shape index (κ3) is 12.1. The first-order chi connectivity index (χ1) is 15.9. The summed E-state index contributed by atoms with van der Waals surface area (Å²) in [4.78, 5) is 11.8. The van der Waals surface area contributed by atoms with Gasteiger partial charge in [0.2, 0.25) is 5.79 Å². The van der Waals surface area contributed by atoms with Crippen molar-refractivity contribution in [3.05, 3.63) is 60.8 Å². The third-order valence-electron chi connectivity index (χ3n) is 5.07. The highest BCUT2D eigenvalue weighted by atomic mass is 16.7. The molecule has 0 aromatic heterocycles. The maximum absolute atomic E-state index is 11.8. The van der Waals surface area contributed by atoms with Crippen molar-refractivity contribution < 1.29 is 34.7 Å². The minimum Gasteiger partial charge on any atom is -0.463 e. The summed E-state index contributed by atoms with van der Waals surface area (Å²) in [6, 6.07) is 0. The van der Waals surface area contributed by atoms with E-state index in [9.17, 15) is 20.1 Å². The lowest BCUT2D eigenvalue weighted by molar-refractivity contribution is -0.248. The highest BCUT2D eigenvalue weighted by molar-refractivity contribution is 5.69. The molecule has 1 fully saturated rings. The summed E-state index contributed by atoms with van der Waals surface area (Å²) in [7, 11) is 0. The highest BCUT2D eigenvalue weighted by Crippen LogP contribution is 2.29. The SMILES string of the molecule is CC/C=C\C/C=C\C/C=C\C/C=C\C/C=C\CCCC(=O)OC[C@H]1OC(O)(CO)[C@@H](O)[C@H]1O. The van der Waals surface area contributed by atoms with E-state index in [2.05, 4.69) is 61.6 Å². The first-order valence-corrected chi connectivity index (χ1v) is 11.7. The van der Waals surface area contributed by atoms with Crippen LogP contribution in [0.1, 0.15) is 58.3 Å². The molecule has 0 aromatic rings. The van der Waals surface area contributed by atoms with Gasteiger partial charge in [-0.15, -0.1) is 0 Å². The molecule has 1 heterocycles. The van der Waals surface area contributed by atoms with Crippen molar-refractivity contribution >= 4 is 5.97 Å². The van der Waals surface area contributed by atoms with Crippen LogP contribution in [0, 0.1) is 0 Å². The molecular weight excluding hydrogens is 424 g/mol. The molecule has 4 atom stereocenters. The minimum atomic E-state index is -2.24. The molecule has 0 bridgehead atoms. The molecular formula is C26H40O7. The first kappa shape index (κ1) is 29.0. The van der Waals surface area contributed by atoms with Gasteiger partial charge in [-0.3, -0.25) is 4.79 Å². The molecule has 1 unspecified atom stereocenters. The Morgan fingerprint density at radius 3 is 1.91 bits per heavy atom. The minimum absolute atomic E-state index is 0.212. The number of hydrogen-bond acceptors (Lipinski definition) is 7. The predicted octanol–water partition coefficient (Wildman–Crippen LogP) is 3.25.